The molecule has 1 aliphatic carbocycles. The fraction of sp³-hybridized carbons (Fsp3) is 0.500. The third-order valence-corrected chi connectivity index (χ3v) is 3.59. The normalized spacial score (nSPS) is 18.3. The highest BCUT2D eigenvalue weighted by Gasteiger charge is 2.50. The number of nitriles is 1. The van der Waals surface area contributed by atoms with Crippen molar-refractivity contribution in [2.45, 2.75) is 32.7 Å². The Morgan fingerprint density at radius 3 is 2.53 bits per heavy atom. The Hall–Kier alpha value is -1.53. The minimum Gasteiger partial charge on any atom is -0.496 e. The summed E-state index contributed by atoms with van der Waals surface area (Å²) in [5.41, 5.74) is 9.08. The highest BCUT2D eigenvalue weighted by molar-refractivity contribution is 5.47. The average molecular weight is 230 g/mol. The second kappa shape index (κ2) is 4.05. The van der Waals surface area contributed by atoms with Gasteiger partial charge < -0.3 is 10.5 Å². The SMILES string of the molecule is COc1c(C)cc(C)cc1C(N)C1(C#N)CC1. The first-order valence-corrected chi connectivity index (χ1v) is 5.86. The molecule has 0 saturated heterocycles. The molecule has 2 N–H and O–H groups in total. The van der Waals surface area contributed by atoms with Crippen molar-refractivity contribution in [3.63, 3.8) is 0 Å². The van der Waals surface area contributed by atoms with Crippen LogP contribution in [-0.4, -0.2) is 7.11 Å². The number of aryl methyl sites for hydroxylation is 2. The van der Waals surface area contributed by atoms with Gasteiger partial charge in [-0.05, 0) is 32.3 Å². The minimum atomic E-state index is -0.368. The first-order valence-electron chi connectivity index (χ1n) is 5.86. The van der Waals surface area contributed by atoms with Crippen molar-refractivity contribution in [1.29, 1.82) is 5.26 Å². The van der Waals surface area contributed by atoms with Gasteiger partial charge >= 0.3 is 0 Å². The molecule has 17 heavy (non-hydrogen) atoms. The Labute approximate surface area is 102 Å². The summed E-state index contributed by atoms with van der Waals surface area (Å²) in [7, 11) is 1.65. The van der Waals surface area contributed by atoms with Crippen LogP contribution in [0, 0.1) is 30.6 Å². The van der Waals surface area contributed by atoms with E-state index in [1.54, 1.807) is 7.11 Å². The lowest BCUT2D eigenvalue weighted by atomic mass is 9.89. The molecule has 2 rings (SSSR count). The Kier molecular flexibility index (Phi) is 2.84. The largest absolute Gasteiger partial charge is 0.496 e. The van der Waals surface area contributed by atoms with Gasteiger partial charge in [-0.2, -0.15) is 5.26 Å². The van der Waals surface area contributed by atoms with Crippen molar-refractivity contribution < 1.29 is 4.74 Å². The number of nitrogens with two attached hydrogens (primary N) is 1. The molecular formula is C14H18N2O. The van der Waals surface area contributed by atoms with Gasteiger partial charge in [0.15, 0.2) is 0 Å². The maximum Gasteiger partial charge on any atom is 0.126 e. The summed E-state index contributed by atoms with van der Waals surface area (Å²) in [5, 5.41) is 9.22. The van der Waals surface area contributed by atoms with E-state index in [9.17, 15) is 5.26 Å². The highest BCUT2D eigenvalue weighted by Crippen LogP contribution is 2.54. The zero-order valence-corrected chi connectivity index (χ0v) is 10.6. The van der Waals surface area contributed by atoms with Crippen molar-refractivity contribution in [3.8, 4) is 11.8 Å². The number of methoxy groups -OCH3 is 1. The molecule has 1 aliphatic rings. The maximum atomic E-state index is 9.22. The summed E-state index contributed by atoms with van der Waals surface area (Å²) < 4.78 is 5.43. The van der Waals surface area contributed by atoms with Crippen molar-refractivity contribution in [1.82, 2.24) is 0 Å². The van der Waals surface area contributed by atoms with Crippen LogP contribution in [0.25, 0.3) is 0 Å². The van der Waals surface area contributed by atoms with E-state index >= 15 is 0 Å². The lowest BCUT2D eigenvalue weighted by Gasteiger charge is -2.21. The van der Waals surface area contributed by atoms with Crippen LogP contribution in [0.1, 0.15) is 35.6 Å². The molecule has 1 saturated carbocycles. The molecule has 1 unspecified atom stereocenters. The van der Waals surface area contributed by atoms with Crippen LogP contribution >= 0.6 is 0 Å². The molecule has 1 aromatic rings. The van der Waals surface area contributed by atoms with E-state index in [4.69, 9.17) is 10.5 Å². The number of ether oxygens (including phenoxy) is 1. The number of nitrogens with zero attached hydrogens (tertiary/aromatic N) is 1. The molecule has 0 aromatic heterocycles. The monoisotopic (exact) mass is 230 g/mol. The molecule has 1 atom stereocenters. The molecule has 0 amide bonds. The Morgan fingerprint density at radius 1 is 1.41 bits per heavy atom. The molecule has 1 fully saturated rings. The molecule has 0 aliphatic heterocycles. The standard InChI is InChI=1S/C14H18N2O/c1-9-6-10(2)12(17-3)11(7-9)13(16)14(8-15)4-5-14/h6-7,13H,4-5,16H2,1-3H3. The van der Waals surface area contributed by atoms with E-state index < -0.39 is 0 Å². The number of rotatable bonds is 3. The van der Waals surface area contributed by atoms with E-state index in [0.29, 0.717) is 0 Å². The molecule has 90 valence electrons. The molecular weight excluding hydrogens is 212 g/mol. The predicted octanol–water partition coefficient (Wildman–Crippen LogP) is 2.62. The molecule has 1 aromatic carbocycles. The Bertz CT molecular complexity index is 484. The molecule has 0 heterocycles. The van der Waals surface area contributed by atoms with E-state index in [0.717, 1.165) is 35.3 Å². The molecule has 0 spiro atoms. The summed E-state index contributed by atoms with van der Waals surface area (Å²) >= 11 is 0. The first-order chi connectivity index (χ1) is 8.04. The van der Waals surface area contributed by atoms with Crippen LogP contribution in [0.5, 0.6) is 5.75 Å². The first kappa shape index (κ1) is 11.9. The number of hydrogen-bond acceptors (Lipinski definition) is 3. The maximum absolute atomic E-state index is 9.22. The van der Waals surface area contributed by atoms with Crippen molar-refractivity contribution >= 4 is 0 Å². The van der Waals surface area contributed by atoms with Gasteiger partial charge in [0.1, 0.15) is 5.75 Å². The summed E-state index contributed by atoms with van der Waals surface area (Å²) in [5.74, 6) is 0.824. The minimum absolute atomic E-state index is 0.249. The van der Waals surface area contributed by atoms with Gasteiger partial charge in [0.25, 0.3) is 0 Å². The number of hydrogen-bond donors (Lipinski definition) is 1. The number of benzene rings is 1. The second-order valence-electron chi connectivity index (χ2n) is 4.95. The molecule has 3 heteroatoms. The quantitative estimate of drug-likeness (QED) is 0.868. The van der Waals surface area contributed by atoms with Gasteiger partial charge in [-0.25, -0.2) is 0 Å². The van der Waals surface area contributed by atoms with Gasteiger partial charge in [0.2, 0.25) is 0 Å². The van der Waals surface area contributed by atoms with E-state index in [1.165, 1.54) is 0 Å². The molecule has 0 radical (unpaired) electrons. The fourth-order valence-electron chi connectivity index (χ4n) is 2.42. The van der Waals surface area contributed by atoms with Gasteiger partial charge in [-0.3, -0.25) is 0 Å². The topological polar surface area (TPSA) is 59.0 Å². The van der Waals surface area contributed by atoms with Crippen LogP contribution in [0.4, 0.5) is 0 Å². The van der Waals surface area contributed by atoms with Gasteiger partial charge in [0, 0.05) is 5.56 Å². The predicted molar refractivity (Wildman–Crippen MR) is 66.7 cm³/mol. The van der Waals surface area contributed by atoms with Gasteiger partial charge in [0.05, 0.1) is 24.6 Å². The molecule has 0 bridgehead atoms. The Balaban J connectivity index is 2.48. The summed E-state index contributed by atoms with van der Waals surface area (Å²) in [6, 6.07) is 6.22. The van der Waals surface area contributed by atoms with Crippen molar-refractivity contribution in [2.75, 3.05) is 7.11 Å². The smallest absolute Gasteiger partial charge is 0.126 e. The van der Waals surface area contributed by atoms with Crippen LogP contribution in [-0.2, 0) is 0 Å². The van der Waals surface area contributed by atoms with Crippen LogP contribution in [0.15, 0.2) is 12.1 Å². The lowest BCUT2D eigenvalue weighted by Crippen LogP contribution is -2.22. The summed E-state index contributed by atoms with van der Waals surface area (Å²) in [4.78, 5) is 0. The van der Waals surface area contributed by atoms with E-state index in [2.05, 4.69) is 12.1 Å². The Morgan fingerprint density at radius 2 is 2.06 bits per heavy atom. The van der Waals surface area contributed by atoms with Crippen LogP contribution < -0.4 is 10.5 Å². The summed E-state index contributed by atoms with van der Waals surface area (Å²) in [6.07, 6.45) is 1.78. The van der Waals surface area contributed by atoms with Crippen LogP contribution in [0.3, 0.4) is 0 Å². The average Bonchev–Trinajstić information content (AvgIpc) is 3.08. The third-order valence-electron chi connectivity index (χ3n) is 3.59. The van der Waals surface area contributed by atoms with Gasteiger partial charge in [-0.15, -0.1) is 0 Å². The summed E-state index contributed by atoms with van der Waals surface area (Å²) in [6.45, 7) is 4.04. The van der Waals surface area contributed by atoms with E-state index in [-0.39, 0.29) is 11.5 Å². The lowest BCUT2D eigenvalue weighted by molar-refractivity contribution is 0.393. The molecule has 3 nitrogen and oxygen atoms in total. The van der Waals surface area contributed by atoms with Crippen LogP contribution in [0.2, 0.25) is 0 Å². The highest BCUT2D eigenvalue weighted by atomic mass is 16.5. The van der Waals surface area contributed by atoms with Gasteiger partial charge in [-0.1, -0.05) is 17.7 Å². The van der Waals surface area contributed by atoms with Crippen molar-refractivity contribution in [2.24, 2.45) is 11.1 Å². The zero-order valence-electron chi connectivity index (χ0n) is 10.6. The van der Waals surface area contributed by atoms with Crippen molar-refractivity contribution in [3.05, 3.63) is 28.8 Å². The second-order valence-corrected chi connectivity index (χ2v) is 4.95. The zero-order chi connectivity index (χ0) is 12.6. The third kappa shape index (κ3) is 1.89. The van der Waals surface area contributed by atoms with E-state index in [1.807, 2.05) is 19.9 Å². The fourth-order valence-corrected chi connectivity index (χ4v) is 2.42.